The van der Waals surface area contributed by atoms with Crippen LogP contribution in [0.5, 0.6) is 0 Å². The van der Waals surface area contributed by atoms with E-state index in [9.17, 15) is 8.42 Å². The lowest BCUT2D eigenvalue weighted by Gasteiger charge is -2.10. The van der Waals surface area contributed by atoms with E-state index >= 15 is 0 Å². The second kappa shape index (κ2) is 5.91. The lowest BCUT2D eigenvalue weighted by Crippen LogP contribution is -2.24. The van der Waals surface area contributed by atoms with Gasteiger partial charge in [-0.3, -0.25) is 4.98 Å². The molecule has 0 spiro atoms. The van der Waals surface area contributed by atoms with Gasteiger partial charge in [0.15, 0.2) is 0 Å². The van der Waals surface area contributed by atoms with Gasteiger partial charge in [0.05, 0.1) is 17.3 Å². The Bertz CT molecular complexity index is 810. The number of pyridine rings is 1. The second-order valence-electron chi connectivity index (χ2n) is 4.49. The fraction of sp³-hybridized carbons (Fsp3) is 0.143. The number of sulfonamides is 1. The van der Waals surface area contributed by atoms with Gasteiger partial charge in [0.25, 0.3) is 0 Å². The number of nitriles is 1. The fourth-order valence-corrected chi connectivity index (χ4v) is 2.91. The Balaban J connectivity index is 2.24. The van der Waals surface area contributed by atoms with Crippen molar-refractivity contribution in [3.63, 3.8) is 0 Å². The van der Waals surface area contributed by atoms with Gasteiger partial charge in [0.2, 0.25) is 10.0 Å². The summed E-state index contributed by atoms with van der Waals surface area (Å²) in [4.78, 5) is 3.92. The van der Waals surface area contributed by atoms with E-state index in [1.165, 1.54) is 18.2 Å². The van der Waals surface area contributed by atoms with Crippen LogP contribution in [0.2, 0.25) is 0 Å². The molecule has 108 valence electrons. The summed E-state index contributed by atoms with van der Waals surface area (Å²) in [5.74, 6) is 0. The van der Waals surface area contributed by atoms with Crippen LogP contribution in [0.3, 0.4) is 0 Å². The first kappa shape index (κ1) is 15.0. The normalized spacial score (nSPS) is 11.0. The molecule has 1 aromatic carbocycles. The minimum atomic E-state index is -3.74. The third-order valence-corrected chi connectivity index (χ3v) is 4.50. The summed E-state index contributed by atoms with van der Waals surface area (Å²) in [6.07, 6.45) is 3.26. The van der Waals surface area contributed by atoms with E-state index < -0.39 is 10.0 Å². The number of hydrogen-bond acceptors (Lipinski definition) is 5. The molecule has 21 heavy (non-hydrogen) atoms. The Kier molecular flexibility index (Phi) is 4.21. The number of nitrogens with zero attached hydrogens (tertiary/aromatic N) is 2. The van der Waals surface area contributed by atoms with Crippen molar-refractivity contribution in [1.82, 2.24) is 9.71 Å². The molecule has 0 saturated carbocycles. The molecule has 0 atom stereocenters. The molecule has 2 aromatic rings. The molecule has 0 saturated heterocycles. The van der Waals surface area contributed by atoms with E-state index in [0.717, 1.165) is 11.1 Å². The van der Waals surface area contributed by atoms with Crippen LogP contribution in [0.4, 0.5) is 5.69 Å². The second-order valence-corrected chi connectivity index (χ2v) is 6.23. The zero-order valence-corrected chi connectivity index (χ0v) is 12.2. The quantitative estimate of drug-likeness (QED) is 0.828. The minimum absolute atomic E-state index is 0.0388. The van der Waals surface area contributed by atoms with Gasteiger partial charge in [-0.1, -0.05) is 0 Å². The Labute approximate surface area is 123 Å². The molecule has 0 unspecified atom stereocenters. The SMILES string of the molecule is Cc1ccncc1CNS(=O)(=O)c1ccc(C#N)cc1N. The van der Waals surface area contributed by atoms with Gasteiger partial charge in [-0.15, -0.1) is 0 Å². The summed E-state index contributed by atoms with van der Waals surface area (Å²) in [6, 6.07) is 7.79. The van der Waals surface area contributed by atoms with Crippen LogP contribution < -0.4 is 10.5 Å². The first-order valence-corrected chi connectivity index (χ1v) is 7.61. The summed E-state index contributed by atoms with van der Waals surface area (Å²) in [7, 11) is -3.74. The van der Waals surface area contributed by atoms with Crippen LogP contribution in [-0.4, -0.2) is 13.4 Å². The number of aryl methyl sites for hydroxylation is 1. The average Bonchev–Trinajstić information content (AvgIpc) is 2.46. The van der Waals surface area contributed by atoms with Gasteiger partial charge < -0.3 is 5.73 Å². The van der Waals surface area contributed by atoms with Crippen LogP contribution in [0.1, 0.15) is 16.7 Å². The highest BCUT2D eigenvalue weighted by molar-refractivity contribution is 7.89. The number of hydrogen-bond donors (Lipinski definition) is 2. The molecule has 0 aliphatic heterocycles. The topological polar surface area (TPSA) is 109 Å². The molecular formula is C14H14N4O2S. The lowest BCUT2D eigenvalue weighted by molar-refractivity contribution is 0.581. The molecule has 7 heteroatoms. The predicted molar refractivity (Wildman–Crippen MR) is 78.6 cm³/mol. The van der Waals surface area contributed by atoms with Crippen molar-refractivity contribution in [3.05, 3.63) is 53.3 Å². The van der Waals surface area contributed by atoms with E-state index in [0.29, 0.717) is 5.56 Å². The van der Waals surface area contributed by atoms with E-state index in [2.05, 4.69) is 9.71 Å². The van der Waals surface area contributed by atoms with Crippen molar-refractivity contribution in [2.24, 2.45) is 0 Å². The number of aromatic nitrogens is 1. The minimum Gasteiger partial charge on any atom is -0.398 e. The first-order chi connectivity index (χ1) is 9.94. The molecule has 0 aliphatic rings. The summed E-state index contributed by atoms with van der Waals surface area (Å²) >= 11 is 0. The molecule has 3 N–H and O–H groups in total. The van der Waals surface area contributed by atoms with Gasteiger partial charge in [0, 0.05) is 18.9 Å². The van der Waals surface area contributed by atoms with Crippen LogP contribution >= 0.6 is 0 Å². The lowest BCUT2D eigenvalue weighted by atomic mass is 10.2. The van der Waals surface area contributed by atoms with Crippen LogP contribution in [0.25, 0.3) is 0 Å². The zero-order chi connectivity index (χ0) is 15.5. The Hall–Kier alpha value is -2.43. The fourth-order valence-electron chi connectivity index (χ4n) is 1.80. The number of benzene rings is 1. The van der Waals surface area contributed by atoms with Crippen LogP contribution in [-0.2, 0) is 16.6 Å². The third-order valence-electron chi connectivity index (χ3n) is 3.03. The molecule has 1 aromatic heterocycles. The maximum Gasteiger partial charge on any atom is 0.242 e. The Morgan fingerprint density at radius 3 is 2.76 bits per heavy atom. The summed E-state index contributed by atoms with van der Waals surface area (Å²) in [6.45, 7) is 2.00. The van der Waals surface area contributed by atoms with Crippen molar-refractivity contribution in [3.8, 4) is 6.07 Å². The highest BCUT2D eigenvalue weighted by atomic mass is 32.2. The first-order valence-electron chi connectivity index (χ1n) is 6.13. The van der Waals surface area contributed by atoms with Gasteiger partial charge in [-0.05, 0) is 42.3 Å². The summed E-state index contributed by atoms with van der Waals surface area (Å²) in [5.41, 5.74) is 7.79. The van der Waals surface area contributed by atoms with Crippen molar-refractivity contribution in [2.75, 3.05) is 5.73 Å². The number of rotatable bonds is 4. The molecule has 0 radical (unpaired) electrons. The zero-order valence-electron chi connectivity index (χ0n) is 11.4. The maximum absolute atomic E-state index is 12.2. The van der Waals surface area contributed by atoms with Gasteiger partial charge in [-0.2, -0.15) is 5.26 Å². The standard InChI is InChI=1S/C14H14N4O2S/c1-10-4-5-17-8-12(10)9-18-21(19,20)14-3-2-11(7-15)6-13(14)16/h2-6,8,18H,9,16H2,1H3. The van der Waals surface area contributed by atoms with Crippen LogP contribution in [0.15, 0.2) is 41.6 Å². The van der Waals surface area contributed by atoms with Gasteiger partial charge in [0.1, 0.15) is 4.90 Å². The highest BCUT2D eigenvalue weighted by Gasteiger charge is 2.17. The number of nitrogens with one attached hydrogen (secondary N) is 1. The average molecular weight is 302 g/mol. The molecule has 1 heterocycles. The Morgan fingerprint density at radius 1 is 1.38 bits per heavy atom. The van der Waals surface area contributed by atoms with Crippen LogP contribution in [0, 0.1) is 18.3 Å². The Morgan fingerprint density at radius 2 is 2.14 bits per heavy atom. The van der Waals surface area contributed by atoms with E-state index in [4.69, 9.17) is 11.0 Å². The van der Waals surface area contributed by atoms with E-state index in [-0.39, 0.29) is 17.1 Å². The third kappa shape index (κ3) is 3.37. The number of anilines is 1. The largest absolute Gasteiger partial charge is 0.398 e. The van der Waals surface area contributed by atoms with Gasteiger partial charge >= 0.3 is 0 Å². The highest BCUT2D eigenvalue weighted by Crippen LogP contribution is 2.19. The number of nitrogen functional groups attached to an aromatic ring is 1. The summed E-state index contributed by atoms with van der Waals surface area (Å²) in [5, 5.41) is 8.76. The van der Waals surface area contributed by atoms with Crippen molar-refractivity contribution in [1.29, 1.82) is 5.26 Å². The smallest absolute Gasteiger partial charge is 0.242 e. The predicted octanol–water partition coefficient (Wildman–Crippen LogP) is 1.32. The molecule has 0 aliphatic carbocycles. The molecule has 0 bridgehead atoms. The van der Waals surface area contributed by atoms with E-state index in [1.807, 2.05) is 13.0 Å². The molecule has 2 rings (SSSR count). The number of nitrogens with two attached hydrogens (primary N) is 1. The molecular weight excluding hydrogens is 288 g/mol. The van der Waals surface area contributed by atoms with Crippen molar-refractivity contribution < 1.29 is 8.42 Å². The maximum atomic E-state index is 12.2. The van der Waals surface area contributed by atoms with Crippen molar-refractivity contribution in [2.45, 2.75) is 18.4 Å². The van der Waals surface area contributed by atoms with Gasteiger partial charge in [-0.25, -0.2) is 13.1 Å². The molecule has 6 nitrogen and oxygen atoms in total. The summed E-state index contributed by atoms with van der Waals surface area (Å²) < 4.78 is 27.0. The monoisotopic (exact) mass is 302 g/mol. The van der Waals surface area contributed by atoms with E-state index in [1.54, 1.807) is 18.5 Å². The molecule has 0 fully saturated rings. The molecule has 0 amide bonds. The van der Waals surface area contributed by atoms with Crippen molar-refractivity contribution >= 4 is 15.7 Å².